The summed E-state index contributed by atoms with van der Waals surface area (Å²) in [6, 6.07) is 5.66. The molecule has 0 unspecified atom stereocenters. The van der Waals surface area contributed by atoms with Crippen molar-refractivity contribution in [2.75, 3.05) is 11.9 Å². The van der Waals surface area contributed by atoms with Crippen molar-refractivity contribution in [3.05, 3.63) is 30.1 Å². The van der Waals surface area contributed by atoms with E-state index >= 15 is 0 Å². The molecule has 22 heavy (non-hydrogen) atoms. The molecule has 1 saturated carbocycles. The van der Waals surface area contributed by atoms with Crippen LogP contribution in [0.1, 0.15) is 37.8 Å². The second-order valence-corrected chi connectivity index (χ2v) is 6.02. The smallest absolute Gasteiger partial charge is 0.175 e. The van der Waals surface area contributed by atoms with Gasteiger partial charge >= 0.3 is 0 Å². The summed E-state index contributed by atoms with van der Waals surface area (Å²) >= 11 is 0. The molecule has 0 amide bonds. The summed E-state index contributed by atoms with van der Waals surface area (Å²) in [4.78, 5) is 0. The van der Waals surface area contributed by atoms with Gasteiger partial charge < -0.3 is 10.4 Å². The van der Waals surface area contributed by atoms with Crippen molar-refractivity contribution in [1.29, 1.82) is 0 Å². The average molecular weight is 301 g/mol. The predicted octanol–water partition coefficient (Wildman–Crippen LogP) is 2.32. The van der Waals surface area contributed by atoms with Crippen molar-refractivity contribution in [1.82, 2.24) is 20.0 Å². The minimum Gasteiger partial charge on any atom is -0.391 e. The Kier molecular flexibility index (Phi) is 4.68. The molecule has 0 aliphatic heterocycles. The van der Waals surface area contributed by atoms with Crippen LogP contribution in [0.15, 0.2) is 24.4 Å². The van der Waals surface area contributed by atoms with Crippen molar-refractivity contribution in [3.8, 4) is 5.82 Å². The number of hydrogen-bond donors (Lipinski definition) is 2. The van der Waals surface area contributed by atoms with Crippen molar-refractivity contribution >= 4 is 5.82 Å². The lowest BCUT2D eigenvalue weighted by molar-refractivity contribution is 0.0955. The summed E-state index contributed by atoms with van der Waals surface area (Å²) in [7, 11) is 0. The van der Waals surface area contributed by atoms with Gasteiger partial charge in [0.15, 0.2) is 5.82 Å². The van der Waals surface area contributed by atoms with E-state index in [-0.39, 0.29) is 6.10 Å². The molecule has 2 aromatic heterocycles. The molecular formula is C16H23N5O. The Morgan fingerprint density at radius 3 is 2.68 bits per heavy atom. The molecule has 0 spiro atoms. The third kappa shape index (κ3) is 3.62. The highest BCUT2D eigenvalue weighted by Gasteiger charge is 2.21. The van der Waals surface area contributed by atoms with Crippen LogP contribution in [-0.2, 0) is 0 Å². The van der Waals surface area contributed by atoms with Crippen LogP contribution in [0.3, 0.4) is 0 Å². The monoisotopic (exact) mass is 301 g/mol. The maximum Gasteiger partial charge on any atom is 0.175 e. The van der Waals surface area contributed by atoms with Gasteiger partial charge in [-0.3, -0.25) is 0 Å². The molecule has 2 N–H and O–H groups in total. The van der Waals surface area contributed by atoms with Gasteiger partial charge in [-0.15, -0.1) is 10.2 Å². The normalized spacial score (nSPS) is 17.4. The standard InChI is InChI=1S/C16H23N5O/c1-12-9-10-21(20-12)16-8-7-15(18-19-16)17-11-14(22)13-5-3-2-4-6-13/h7-10,13-14,22H,2-6,11H2,1H3,(H,17,18)/t14-/m0/s1. The lowest BCUT2D eigenvalue weighted by atomic mass is 9.85. The van der Waals surface area contributed by atoms with E-state index in [9.17, 15) is 5.11 Å². The van der Waals surface area contributed by atoms with Gasteiger partial charge in [0, 0.05) is 12.7 Å². The molecule has 3 rings (SSSR count). The van der Waals surface area contributed by atoms with Gasteiger partial charge in [-0.2, -0.15) is 5.10 Å². The molecule has 1 aliphatic rings. The number of nitrogens with zero attached hydrogens (tertiary/aromatic N) is 4. The first-order chi connectivity index (χ1) is 10.7. The zero-order chi connectivity index (χ0) is 15.4. The zero-order valence-electron chi connectivity index (χ0n) is 12.9. The Bertz CT molecular complexity index is 589. The Morgan fingerprint density at radius 1 is 1.23 bits per heavy atom. The minimum atomic E-state index is -0.310. The van der Waals surface area contributed by atoms with Gasteiger partial charge in [0.1, 0.15) is 5.82 Å². The van der Waals surface area contributed by atoms with E-state index in [1.54, 1.807) is 4.68 Å². The zero-order valence-corrected chi connectivity index (χ0v) is 12.9. The molecule has 1 fully saturated rings. The Labute approximate surface area is 130 Å². The molecule has 6 heteroatoms. The van der Waals surface area contributed by atoms with Gasteiger partial charge in [-0.25, -0.2) is 4.68 Å². The highest BCUT2D eigenvalue weighted by molar-refractivity contribution is 5.36. The number of rotatable bonds is 5. The predicted molar refractivity (Wildman–Crippen MR) is 85.0 cm³/mol. The topological polar surface area (TPSA) is 75.9 Å². The molecule has 0 bridgehead atoms. The van der Waals surface area contributed by atoms with E-state index < -0.39 is 0 Å². The molecular weight excluding hydrogens is 278 g/mol. The molecule has 2 heterocycles. The quantitative estimate of drug-likeness (QED) is 0.886. The van der Waals surface area contributed by atoms with E-state index in [0.717, 1.165) is 18.5 Å². The highest BCUT2D eigenvalue weighted by Crippen LogP contribution is 2.26. The third-order valence-electron chi connectivity index (χ3n) is 4.29. The van der Waals surface area contributed by atoms with Crippen LogP contribution >= 0.6 is 0 Å². The Balaban J connectivity index is 1.54. The second kappa shape index (κ2) is 6.87. The maximum atomic E-state index is 10.2. The fourth-order valence-electron chi connectivity index (χ4n) is 2.98. The summed E-state index contributed by atoms with van der Waals surface area (Å²) in [5, 5.41) is 26.0. The molecule has 118 valence electrons. The lowest BCUT2D eigenvalue weighted by Gasteiger charge is -2.26. The maximum absolute atomic E-state index is 10.2. The van der Waals surface area contributed by atoms with Crippen LogP contribution in [0.2, 0.25) is 0 Å². The fourth-order valence-corrected chi connectivity index (χ4v) is 2.98. The van der Waals surface area contributed by atoms with Crippen LogP contribution in [-0.4, -0.2) is 37.7 Å². The van der Waals surface area contributed by atoms with Gasteiger partial charge in [0.05, 0.1) is 11.8 Å². The summed E-state index contributed by atoms with van der Waals surface area (Å²) in [6.07, 6.45) is 7.59. The van der Waals surface area contributed by atoms with Crippen molar-refractivity contribution in [3.63, 3.8) is 0 Å². The number of aryl methyl sites for hydroxylation is 1. The molecule has 0 aromatic carbocycles. The van der Waals surface area contributed by atoms with E-state index in [4.69, 9.17) is 0 Å². The molecule has 1 atom stereocenters. The largest absolute Gasteiger partial charge is 0.391 e. The van der Waals surface area contributed by atoms with Crippen LogP contribution in [0.4, 0.5) is 5.82 Å². The summed E-state index contributed by atoms with van der Waals surface area (Å²) < 4.78 is 1.70. The van der Waals surface area contributed by atoms with E-state index in [0.29, 0.717) is 24.1 Å². The van der Waals surface area contributed by atoms with Gasteiger partial charge in [-0.05, 0) is 43.9 Å². The fraction of sp³-hybridized carbons (Fsp3) is 0.562. The van der Waals surface area contributed by atoms with Crippen LogP contribution < -0.4 is 5.32 Å². The van der Waals surface area contributed by atoms with E-state index in [1.807, 2.05) is 31.3 Å². The second-order valence-electron chi connectivity index (χ2n) is 6.02. The van der Waals surface area contributed by atoms with Crippen molar-refractivity contribution < 1.29 is 5.11 Å². The van der Waals surface area contributed by atoms with Crippen LogP contribution in [0.5, 0.6) is 0 Å². The first-order valence-electron chi connectivity index (χ1n) is 8.01. The van der Waals surface area contributed by atoms with Crippen LogP contribution in [0, 0.1) is 12.8 Å². The van der Waals surface area contributed by atoms with E-state index in [2.05, 4.69) is 20.6 Å². The molecule has 2 aromatic rings. The highest BCUT2D eigenvalue weighted by atomic mass is 16.3. The molecule has 1 aliphatic carbocycles. The number of aliphatic hydroxyl groups is 1. The van der Waals surface area contributed by atoms with Gasteiger partial charge in [-0.1, -0.05) is 19.3 Å². The SMILES string of the molecule is Cc1ccn(-c2ccc(NC[C@H](O)C3CCCCC3)nn2)n1. The third-order valence-corrected chi connectivity index (χ3v) is 4.29. The number of aromatic nitrogens is 4. The van der Waals surface area contributed by atoms with Crippen molar-refractivity contribution in [2.45, 2.75) is 45.1 Å². The molecule has 6 nitrogen and oxygen atoms in total. The Morgan fingerprint density at radius 2 is 2.05 bits per heavy atom. The van der Waals surface area contributed by atoms with Gasteiger partial charge in [0.2, 0.25) is 0 Å². The minimum absolute atomic E-state index is 0.310. The summed E-state index contributed by atoms with van der Waals surface area (Å²) in [5.74, 6) is 1.79. The summed E-state index contributed by atoms with van der Waals surface area (Å²) in [6.45, 7) is 2.46. The van der Waals surface area contributed by atoms with Gasteiger partial charge in [0.25, 0.3) is 0 Å². The summed E-state index contributed by atoms with van der Waals surface area (Å²) in [5.41, 5.74) is 0.944. The number of aliphatic hydroxyl groups excluding tert-OH is 1. The van der Waals surface area contributed by atoms with Crippen LogP contribution in [0.25, 0.3) is 5.82 Å². The number of anilines is 1. The number of nitrogens with one attached hydrogen (secondary N) is 1. The average Bonchev–Trinajstić information content (AvgIpc) is 3.00. The molecule has 0 saturated heterocycles. The first kappa shape index (κ1) is 15.0. The number of hydrogen-bond acceptors (Lipinski definition) is 5. The van der Waals surface area contributed by atoms with E-state index in [1.165, 1.54) is 19.3 Å². The lowest BCUT2D eigenvalue weighted by Crippen LogP contribution is -2.30. The molecule has 0 radical (unpaired) electrons. The Hall–Kier alpha value is -1.95. The van der Waals surface area contributed by atoms with Crippen molar-refractivity contribution in [2.24, 2.45) is 5.92 Å². The first-order valence-corrected chi connectivity index (χ1v) is 8.01.